The molecule has 0 radical (unpaired) electrons. The third-order valence-corrected chi connectivity index (χ3v) is 2.39. The Hall–Kier alpha value is -2.17. The van der Waals surface area contributed by atoms with Gasteiger partial charge in [0.1, 0.15) is 6.42 Å². The maximum Gasteiger partial charge on any atom is 0.312 e. The molecule has 0 saturated heterocycles. The molecule has 0 aliphatic heterocycles. The van der Waals surface area contributed by atoms with Gasteiger partial charge in [0.25, 0.3) is 0 Å². The summed E-state index contributed by atoms with van der Waals surface area (Å²) in [6.45, 7) is 2.08. The molecule has 88 valence electrons. The molecule has 17 heavy (non-hydrogen) atoms. The zero-order chi connectivity index (χ0) is 12.3. The Morgan fingerprint density at radius 1 is 1.35 bits per heavy atom. The molecule has 0 aliphatic rings. The van der Waals surface area contributed by atoms with Crippen molar-refractivity contribution in [1.82, 2.24) is 10.1 Å². The Morgan fingerprint density at radius 2 is 2.06 bits per heavy atom. The van der Waals surface area contributed by atoms with Crippen LogP contribution in [0.2, 0.25) is 0 Å². The van der Waals surface area contributed by atoms with Gasteiger partial charge >= 0.3 is 5.97 Å². The molecular weight excluding hydrogens is 220 g/mol. The first kappa shape index (κ1) is 11.3. The minimum absolute atomic E-state index is 0.118. The van der Waals surface area contributed by atoms with Crippen LogP contribution in [0.4, 0.5) is 0 Å². The van der Waals surface area contributed by atoms with Crippen molar-refractivity contribution in [2.75, 3.05) is 0 Å². The number of benzene rings is 1. The number of carboxylic acid groups (broad SMARTS) is 1. The SMILES string of the molecule is CCc1ccc(-c2noc(CC(=O)O)n2)cc1. The zero-order valence-electron chi connectivity index (χ0n) is 9.38. The van der Waals surface area contributed by atoms with Crippen LogP contribution in [-0.4, -0.2) is 21.2 Å². The van der Waals surface area contributed by atoms with Crippen LogP contribution in [0.3, 0.4) is 0 Å². The van der Waals surface area contributed by atoms with Crippen LogP contribution in [0.1, 0.15) is 18.4 Å². The number of aromatic nitrogens is 2. The lowest BCUT2D eigenvalue weighted by molar-refractivity contribution is -0.136. The number of aryl methyl sites for hydroxylation is 1. The molecule has 0 spiro atoms. The summed E-state index contributed by atoms with van der Waals surface area (Å²) >= 11 is 0. The Bertz CT molecular complexity index is 517. The van der Waals surface area contributed by atoms with E-state index < -0.39 is 5.97 Å². The minimum Gasteiger partial charge on any atom is -0.481 e. The maximum absolute atomic E-state index is 10.5. The molecular formula is C12H12N2O3. The Morgan fingerprint density at radius 3 is 2.65 bits per heavy atom. The molecule has 0 atom stereocenters. The van der Waals surface area contributed by atoms with Crippen molar-refractivity contribution in [3.8, 4) is 11.4 Å². The number of carbonyl (C=O) groups is 1. The van der Waals surface area contributed by atoms with Gasteiger partial charge in [-0.15, -0.1) is 0 Å². The highest BCUT2D eigenvalue weighted by Gasteiger charge is 2.11. The van der Waals surface area contributed by atoms with Gasteiger partial charge in [-0.1, -0.05) is 36.3 Å². The molecule has 1 heterocycles. The lowest BCUT2D eigenvalue weighted by atomic mass is 10.1. The molecule has 5 heteroatoms. The van der Waals surface area contributed by atoms with Crippen molar-refractivity contribution < 1.29 is 14.4 Å². The normalized spacial score (nSPS) is 10.4. The quantitative estimate of drug-likeness (QED) is 0.871. The van der Waals surface area contributed by atoms with E-state index in [4.69, 9.17) is 9.63 Å². The van der Waals surface area contributed by atoms with Gasteiger partial charge in [-0.05, 0) is 12.0 Å². The van der Waals surface area contributed by atoms with Gasteiger partial charge in [0.15, 0.2) is 0 Å². The summed E-state index contributed by atoms with van der Waals surface area (Å²) in [7, 11) is 0. The van der Waals surface area contributed by atoms with Crippen molar-refractivity contribution in [2.45, 2.75) is 19.8 Å². The molecule has 2 rings (SSSR count). The summed E-state index contributed by atoms with van der Waals surface area (Å²) in [5.41, 5.74) is 2.05. The van der Waals surface area contributed by atoms with Crippen molar-refractivity contribution in [3.63, 3.8) is 0 Å². The van der Waals surface area contributed by atoms with Crippen LogP contribution in [0.15, 0.2) is 28.8 Å². The van der Waals surface area contributed by atoms with E-state index in [-0.39, 0.29) is 12.3 Å². The van der Waals surface area contributed by atoms with Gasteiger partial charge < -0.3 is 9.63 Å². The van der Waals surface area contributed by atoms with Gasteiger partial charge in [-0.25, -0.2) is 0 Å². The molecule has 5 nitrogen and oxygen atoms in total. The van der Waals surface area contributed by atoms with Gasteiger partial charge in [0.2, 0.25) is 11.7 Å². The first-order chi connectivity index (χ1) is 8.19. The van der Waals surface area contributed by atoms with E-state index in [1.165, 1.54) is 5.56 Å². The fourth-order valence-corrected chi connectivity index (χ4v) is 1.46. The summed E-state index contributed by atoms with van der Waals surface area (Å²) in [6.07, 6.45) is 0.719. The summed E-state index contributed by atoms with van der Waals surface area (Å²) in [6, 6.07) is 7.77. The molecule has 0 fully saturated rings. The van der Waals surface area contributed by atoms with Crippen molar-refractivity contribution in [2.24, 2.45) is 0 Å². The van der Waals surface area contributed by atoms with E-state index in [0.29, 0.717) is 5.82 Å². The van der Waals surface area contributed by atoms with E-state index in [1.54, 1.807) is 0 Å². The monoisotopic (exact) mass is 232 g/mol. The van der Waals surface area contributed by atoms with E-state index in [9.17, 15) is 4.79 Å². The topological polar surface area (TPSA) is 76.2 Å². The van der Waals surface area contributed by atoms with Gasteiger partial charge in [0, 0.05) is 5.56 Å². The molecule has 1 aromatic carbocycles. The van der Waals surface area contributed by atoms with Crippen LogP contribution in [0.25, 0.3) is 11.4 Å². The smallest absolute Gasteiger partial charge is 0.312 e. The summed E-state index contributed by atoms with van der Waals surface area (Å²) in [5, 5.41) is 12.3. The highest BCUT2D eigenvalue weighted by Crippen LogP contribution is 2.16. The van der Waals surface area contributed by atoms with Crippen LogP contribution in [0, 0.1) is 0 Å². The molecule has 0 aliphatic carbocycles. The Balaban J connectivity index is 2.21. The Kier molecular flexibility index (Phi) is 3.18. The molecule has 0 bridgehead atoms. The number of hydrogen-bond donors (Lipinski definition) is 1. The van der Waals surface area contributed by atoms with E-state index in [1.807, 2.05) is 24.3 Å². The largest absolute Gasteiger partial charge is 0.481 e. The number of carboxylic acids is 1. The fraction of sp³-hybridized carbons (Fsp3) is 0.250. The van der Waals surface area contributed by atoms with Crippen LogP contribution >= 0.6 is 0 Å². The zero-order valence-corrected chi connectivity index (χ0v) is 9.38. The second kappa shape index (κ2) is 4.78. The number of nitrogens with zero attached hydrogens (tertiary/aromatic N) is 2. The van der Waals surface area contributed by atoms with E-state index in [2.05, 4.69) is 17.1 Å². The standard InChI is InChI=1S/C12H12N2O3/c1-2-8-3-5-9(6-4-8)12-13-10(17-14-12)7-11(15)16/h3-6H,2,7H2,1H3,(H,15,16). The van der Waals surface area contributed by atoms with E-state index in [0.717, 1.165) is 12.0 Å². The lowest BCUT2D eigenvalue weighted by Crippen LogP contribution is -1.99. The molecule has 1 N–H and O–H groups in total. The summed E-state index contributed by atoms with van der Waals surface area (Å²) in [5.74, 6) is -0.447. The number of hydrogen-bond acceptors (Lipinski definition) is 4. The first-order valence-electron chi connectivity index (χ1n) is 5.32. The maximum atomic E-state index is 10.5. The lowest BCUT2D eigenvalue weighted by Gasteiger charge is -1.97. The average Bonchev–Trinajstić information content (AvgIpc) is 2.77. The minimum atomic E-state index is -0.985. The first-order valence-corrected chi connectivity index (χ1v) is 5.32. The molecule has 0 amide bonds. The highest BCUT2D eigenvalue weighted by atomic mass is 16.5. The van der Waals surface area contributed by atoms with Crippen LogP contribution in [0.5, 0.6) is 0 Å². The third-order valence-electron chi connectivity index (χ3n) is 2.39. The van der Waals surface area contributed by atoms with Gasteiger partial charge in [-0.2, -0.15) is 4.98 Å². The molecule has 1 aromatic heterocycles. The summed E-state index contributed by atoms with van der Waals surface area (Å²) in [4.78, 5) is 14.5. The van der Waals surface area contributed by atoms with Gasteiger partial charge in [0.05, 0.1) is 0 Å². The predicted octanol–water partition coefficient (Wildman–Crippen LogP) is 1.93. The number of aliphatic carboxylic acids is 1. The van der Waals surface area contributed by atoms with Crippen molar-refractivity contribution >= 4 is 5.97 Å². The predicted molar refractivity (Wildman–Crippen MR) is 60.5 cm³/mol. The molecule has 2 aromatic rings. The molecule has 0 saturated carbocycles. The van der Waals surface area contributed by atoms with Crippen molar-refractivity contribution in [1.29, 1.82) is 0 Å². The van der Waals surface area contributed by atoms with Crippen LogP contribution in [-0.2, 0) is 17.6 Å². The second-order valence-electron chi connectivity index (χ2n) is 3.63. The van der Waals surface area contributed by atoms with Crippen molar-refractivity contribution in [3.05, 3.63) is 35.7 Å². The second-order valence-corrected chi connectivity index (χ2v) is 3.63. The highest BCUT2D eigenvalue weighted by molar-refractivity contribution is 5.69. The van der Waals surface area contributed by atoms with E-state index >= 15 is 0 Å². The fourth-order valence-electron chi connectivity index (χ4n) is 1.46. The van der Waals surface area contributed by atoms with Crippen LogP contribution < -0.4 is 0 Å². The molecule has 0 unspecified atom stereocenters. The third kappa shape index (κ3) is 2.69. The van der Waals surface area contributed by atoms with Gasteiger partial charge in [-0.3, -0.25) is 4.79 Å². The summed E-state index contributed by atoms with van der Waals surface area (Å²) < 4.78 is 4.84. The average molecular weight is 232 g/mol. The Labute approximate surface area is 98.1 Å². The number of rotatable bonds is 4.